The van der Waals surface area contributed by atoms with Crippen LogP contribution in [0.3, 0.4) is 0 Å². The lowest BCUT2D eigenvalue weighted by Crippen LogP contribution is -2.58. The van der Waals surface area contributed by atoms with E-state index >= 15 is 0 Å². The second kappa shape index (κ2) is 7.55. The van der Waals surface area contributed by atoms with Gasteiger partial charge in [-0.25, -0.2) is 0 Å². The van der Waals surface area contributed by atoms with Crippen molar-refractivity contribution < 1.29 is 14.3 Å². The van der Waals surface area contributed by atoms with E-state index in [-0.39, 0.29) is 22.7 Å². The Hall–Kier alpha value is -2.42. The molecule has 0 spiro atoms. The molecule has 0 N–H and O–H groups in total. The van der Waals surface area contributed by atoms with E-state index in [1.807, 2.05) is 50.2 Å². The maximum Gasteiger partial charge on any atom is 0.324 e. The van der Waals surface area contributed by atoms with Gasteiger partial charge in [-0.15, -0.1) is 0 Å². The van der Waals surface area contributed by atoms with Crippen LogP contribution in [-0.2, 0) is 38.0 Å². The van der Waals surface area contributed by atoms with Crippen LogP contribution < -0.4 is 0 Å². The number of benzene rings is 2. The van der Waals surface area contributed by atoms with Gasteiger partial charge in [0, 0.05) is 0 Å². The number of carbonyl (C=O) groups excluding carboxylic acids is 2. The second-order valence-corrected chi connectivity index (χ2v) is 11.9. The molecule has 4 unspecified atom stereocenters. The van der Waals surface area contributed by atoms with Crippen LogP contribution in [0, 0.1) is 22.7 Å². The number of ether oxygens (including phenoxy) is 1. The molecule has 3 nitrogen and oxygen atoms in total. The van der Waals surface area contributed by atoms with Crippen LogP contribution in [0.15, 0.2) is 48.5 Å². The normalized spacial score (nSPS) is 31.8. The third kappa shape index (κ3) is 3.07. The highest BCUT2D eigenvalue weighted by atomic mass is 16.6. The SMILES string of the molecule is CC1Cc2ccccc2C(C)(C(=O)OC(=O)C2(C)c3ccccc3CC(C)C2(C)C)C1(C)C. The average molecular weight is 447 g/mol. The van der Waals surface area contributed by atoms with Crippen LogP contribution in [0.5, 0.6) is 0 Å². The summed E-state index contributed by atoms with van der Waals surface area (Å²) in [5.74, 6) is -0.349. The maximum atomic E-state index is 14.0. The van der Waals surface area contributed by atoms with E-state index in [1.165, 1.54) is 11.1 Å². The molecule has 2 aromatic carbocycles. The Labute approximate surface area is 198 Å². The van der Waals surface area contributed by atoms with Crippen molar-refractivity contribution in [3.05, 3.63) is 70.8 Å². The van der Waals surface area contributed by atoms with E-state index in [0.29, 0.717) is 0 Å². The summed E-state index contributed by atoms with van der Waals surface area (Å²) in [6.07, 6.45) is 1.82. The number of carbonyl (C=O) groups is 2. The lowest BCUT2D eigenvalue weighted by molar-refractivity contribution is -0.176. The third-order valence-corrected chi connectivity index (χ3v) is 10.2. The van der Waals surface area contributed by atoms with Crippen LogP contribution in [0.4, 0.5) is 0 Å². The van der Waals surface area contributed by atoms with Crippen molar-refractivity contribution in [3.8, 4) is 0 Å². The zero-order valence-electron chi connectivity index (χ0n) is 21.4. The van der Waals surface area contributed by atoms with Crippen LogP contribution in [0.25, 0.3) is 0 Å². The van der Waals surface area contributed by atoms with E-state index in [2.05, 4.69) is 53.7 Å². The molecule has 0 fully saturated rings. The van der Waals surface area contributed by atoms with Gasteiger partial charge in [0.2, 0.25) is 0 Å². The van der Waals surface area contributed by atoms with Crippen LogP contribution in [-0.4, -0.2) is 11.9 Å². The zero-order valence-corrected chi connectivity index (χ0v) is 21.4. The summed E-state index contributed by atoms with van der Waals surface area (Å²) in [6, 6.07) is 16.2. The van der Waals surface area contributed by atoms with E-state index in [0.717, 1.165) is 24.0 Å². The van der Waals surface area contributed by atoms with Gasteiger partial charge >= 0.3 is 11.9 Å². The summed E-state index contributed by atoms with van der Waals surface area (Å²) in [6.45, 7) is 16.8. The predicted molar refractivity (Wildman–Crippen MR) is 132 cm³/mol. The minimum Gasteiger partial charge on any atom is -0.392 e. The van der Waals surface area contributed by atoms with Crippen molar-refractivity contribution in [2.45, 2.75) is 79.1 Å². The fraction of sp³-hybridized carbons (Fsp3) is 0.533. The summed E-state index contributed by atoms with van der Waals surface area (Å²) in [4.78, 5) is 28.0. The fourth-order valence-electron chi connectivity index (χ4n) is 6.26. The van der Waals surface area contributed by atoms with Crippen LogP contribution in [0.1, 0.15) is 77.6 Å². The quantitative estimate of drug-likeness (QED) is 0.395. The maximum absolute atomic E-state index is 14.0. The summed E-state index contributed by atoms with van der Waals surface area (Å²) >= 11 is 0. The Kier molecular flexibility index (Phi) is 5.43. The molecule has 0 aromatic heterocycles. The van der Waals surface area contributed by atoms with E-state index < -0.39 is 22.8 Å². The first-order valence-corrected chi connectivity index (χ1v) is 12.2. The van der Waals surface area contributed by atoms with Crippen molar-refractivity contribution in [2.75, 3.05) is 0 Å². The Morgan fingerprint density at radius 3 is 1.36 bits per heavy atom. The monoisotopic (exact) mass is 446 g/mol. The molecule has 4 rings (SSSR count). The number of esters is 2. The Morgan fingerprint density at radius 2 is 1.00 bits per heavy atom. The highest BCUT2D eigenvalue weighted by molar-refractivity contribution is 5.98. The molecule has 2 aromatic rings. The predicted octanol–water partition coefficient (Wildman–Crippen LogP) is 6.41. The summed E-state index contributed by atoms with van der Waals surface area (Å²) in [7, 11) is 0. The van der Waals surface area contributed by atoms with E-state index in [1.54, 1.807) is 0 Å². The van der Waals surface area contributed by atoms with Gasteiger partial charge < -0.3 is 4.74 Å². The van der Waals surface area contributed by atoms with Crippen LogP contribution in [0.2, 0.25) is 0 Å². The largest absolute Gasteiger partial charge is 0.392 e. The van der Waals surface area contributed by atoms with E-state index in [4.69, 9.17) is 4.74 Å². The first-order chi connectivity index (χ1) is 15.3. The molecule has 3 heteroatoms. The van der Waals surface area contributed by atoms with Gasteiger partial charge in [-0.3, -0.25) is 9.59 Å². The smallest absolute Gasteiger partial charge is 0.324 e. The molecule has 0 aliphatic heterocycles. The van der Waals surface area contributed by atoms with Crippen molar-refractivity contribution in [1.82, 2.24) is 0 Å². The lowest BCUT2D eigenvalue weighted by atomic mass is 9.52. The van der Waals surface area contributed by atoms with Gasteiger partial charge in [0.15, 0.2) is 0 Å². The van der Waals surface area contributed by atoms with Crippen molar-refractivity contribution >= 4 is 11.9 Å². The number of hydrogen-bond donors (Lipinski definition) is 0. The molecular formula is C30H38O3. The zero-order chi connectivity index (χ0) is 24.4. The summed E-state index contributed by atoms with van der Waals surface area (Å²) in [5, 5.41) is 0. The Bertz CT molecular complexity index is 1020. The molecular weight excluding hydrogens is 408 g/mol. The van der Waals surface area contributed by atoms with Gasteiger partial charge in [-0.2, -0.15) is 0 Å². The van der Waals surface area contributed by atoms with Crippen LogP contribution >= 0.6 is 0 Å². The molecule has 2 aliphatic carbocycles. The molecule has 0 saturated carbocycles. The van der Waals surface area contributed by atoms with Gasteiger partial charge in [0.1, 0.15) is 0 Å². The molecule has 2 aliphatic rings. The molecule has 0 amide bonds. The number of fused-ring (bicyclic) bond motifs is 2. The lowest BCUT2D eigenvalue weighted by Gasteiger charge is -2.52. The molecule has 0 heterocycles. The topological polar surface area (TPSA) is 43.4 Å². The summed E-state index contributed by atoms with van der Waals surface area (Å²) < 4.78 is 5.94. The summed E-state index contributed by atoms with van der Waals surface area (Å²) in [5.41, 5.74) is 1.72. The number of hydrogen-bond acceptors (Lipinski definition) is 3. The van der Waals surface area contributed by atoms with Crippen molar-refractivity contribution in [1.29, 1.82) is 0 Å². The molecule has 33 heavy (non-hydrogen) atoms. The van der Waals surface area contributed by atoms with Gasteiger partial charge in [-0.05, 0) is 71.6 Å². The highest BCUT2D eigenvalue weighted by Crippen LogP contribution is 2.56. The van der Waals surface area contributed by atoms with Gasteiger partial charge in [0.25, 0.3) is 0 Å². The first kappa shape index (κ1) is 23.7. The van der Waals surface area contributed by atoms with Crippen molar-refractivity contribution in [3.63, 3.8) is 0 Å². The molecule has 4 atom stereocenters. The Morgan fingerprint density at radius 1 is 0.667 bits per heavy atom. The van der Waals surface area contributed by atoms with Gasteiger partial charge in [-0.1, -0.05) is 90.1 Å². The molecule has 176 valence electrons. The van der Waals surface area contributed by atoms with Crippen molar-refractivity contribution in [2.24, 2.45) is 22.7 Å². The second-order valence-electron chi connectivity index (χ2n) is 11.9. The average Bonchev–Trinajstić information content (AvgIpc) is 2.76. The highest BCUT2D eigenvalue weighted by Gasteiger charge is 2.59. The molecule has 0 saturated heterocycles. The fourth-order valence-corrected chi connectivity index (χ4v) is 6.26. The van der Waals surface area contributed by atoms with Gasteiger partial charge in [0.05, 0.1) is 10.8 Å². The minimum atomic E-state index is -0.919. The third-order valence-electron chi connectivity index (χ3n) is 10.2. The first-order valence-electron chi connectivity index (χ1n) is 12.2. The molecule has 0 radical (unpaired) electrons. The standard InChI is InChI=1S/C30H38O3/c1-19-17-21-13-9-11-15-23(21)29(7,27(19,3)4)25(31)33-26(32)30(8)24-16-12-10-14-22(24)18-20(2)28(30,5)6/h9-16,19-20H,17-18H2,1-8H3. The molecule has 0 bridgehead atoms. The minimum absolute atomic E-state index is 0.266. The van der Waals surface area contributed by atoms with E-state index in [9.17, 15) is 9.59 Å². The Balaban J connectivity index is 1.78. The number of rotatable bonds is 2.